The van der Waals surface area contributed by atoms with Gasteiger partial charge in [-0.15, -0.1) is 0 Å². The van der Waals surface area contributed by atoms with E-state index in [2.05, 4.69) is 16.6 Å². The summed E-state index contributed by atoms with van der Waals surface area (Å²) < 4.78 is 0. The Morgan fingerprint density at radius 3 is 2.90 bits per heavy atom. The molecule has 0 bridgehead atoms. The van der Waals surface area contributed by atoms with Gasteiger partial charge in [-0.05, 0) is 42.6 Å². The maximum Gasteiger partial charge on any atom is 0.328 e. The molecule has 1 heterocycles. The van der Waals surface area contributed by atoms with E-state index in [0.717, 1.165) is 24.7 Å². The molecule has 0 unspecified atom stereocenters. The lowest BCUT2D eigenvalue weighted by Crippen LogP contribution is -2.24. The van der Waals surface area contributed by atoms with E-state index < -0.39 is 5.97 Å². The zero-order valence-electron chi connectivity index (χ0n) is 11.3. The summed E-state index contributed by atoms with van der Waals surface area (Å²) in [7, 11) is 0. The molecule has 2 N–H and O–H groups in total. The highest BCUT2D eigenvalue weighted by Crippen LogP contribution is 2.05. The predicted molar refractivity (Wildman–Crippen MR) is 80.9 cm³/mol. The van der Waals surface area contributed by atoms with Crippen LogP contribution in [0, 0.1) is 0 Å². The van der Waals surface area contributed by atoms with Crippen molar-refractivity contribution in [2.45, 2.75) is 12.8 Å². The van der Waals surface area contributed by atoms with Crippen LogP contribution in [-0.4, -0.2) is 40.5 Å². The number of thioether (sulfide) groups is 1. The van der Waals surface area contributed by atoms with Crippen molar-refractivity contribution in [2.75, 3.05) is 18.6 Å². The third kappa shape index (κ3) is 6.38. The summed E-state index contributed by atoms with van der Waals surface area (Å²) in [5.74, 6) is -0.131. The van der Waals surface area contributed by atoms with E-state index in [9.17, 15) is 9.59 Å². The third-order valence-corrected chi connectivity index (χ3v) is 3.20. The van der Waals surface area contributed by atoms with Crippen LogP contribution in [0.3, 0.4) is 0 Å². The van der Waals surface area contributed by atoms with Gasteiger partial charge in [0.15, 0.2) is 0 Å². The maximum atomic E-state index is 11.9. The number of hydrogen-bond acceptors (Lipinski definition) is 4. The van der Waals surface area contributed by atoms with E-state index in [-0.39, 0.29) is 5.91 Å². The first-order chi connectivity index (χ1) is 9.63. The molecule has 0 aliphatic rings. The molecule has 1 aromatic rings. The summed E-state index contributed by atoms with van der Waals surface area (Å²) in [6.07, 6.45) is 9.47. The monoisotopic (exact) mass is 294 g/mol. The highest BCUT2D eigenvalue weighted by Gasteiger charge is 2.05. The van der Waals surface area contributed by atoms with Gasteiger partial charge in [-0.25, -0.2) is 4.79 Å². The average Bonchev–Trinajstić information content (AvgIpc) is 2.45. The van der Waals surface area contributed by atoms with Crippen LogP contribution in [0.2, 0.25) is 0 Å². The first-order valence-corrected chi connectivity index (χ1v) is 7.66. The van der Waals surface area contributed by atoms with Gasteiger partial charge in [-0.2, -0.15) is 11.8 Å². The maximum absolute atomic E-state index is 11.9. The Bertz CT molecular complexity index is 489. The summed E-state index contributed by atoms with van der Waals surface area (Å²) in [5.41, 5.74) is 1.02. The molecule has 20 heavy (non-hydrogen) atoms. The van der Waals surface area contributed by atoms with Gasteiger partial charge >= 0.3 is 5.97 Å². The summed E-state index contributed by atoms with van der Waals surface area (Å²) >= 11 is 1.79. The van der Waals surface area contributed by atoms with Gasteiger partial charge < -0.3 is 10.4 Å². The molecule has 1 aromatic heterocycles. The summed E-state index contributed by atoms with van der Waals surface area (Å²) in [6.45, 7) is 0.634. The molecule has 0 aliphatic carbocycles. The highest BCUT2D eigenvalue weighted by molar-refractivity contribution is 7.98. The standard InChI is InChI=1S/C14H18N2O3S/c1-20-7-3-2-6-16-14(19)12-8-11(9-15-10-12)4-5-13(17)18/h4-5,8-10H,2-3,6-7H2,1H3,(H,16,19)(H,17,18)/b5-4+. The lowest BCUT2D eigenvalue weighted by Gasteiger charge is -2.05. The molecular formula is C14H18N2O3S. The number of carboxylic acid groups (broad SMARTS) is 1. The number of rotatable bonds is 8. The molecule has 0 aromatic carbocycles. The molecular weight excluding hydrogens is 276 g/mol. The second kappa shape index (κ2) is 9.14. The Hall–Kier alpha value is -1.82. The van der Waals surface area contributed by atoms with Crippen LogP contribution in [0.4, 0.5) is 0 Å². The number of nitrogens with zero attached hydrogens (tertiary/aromatic N) is 1. The number of unbranched alkanes of at least 4 members (excludes halogenated alkanes) is 1. The largest absolute Gasteiger partial charge is 0.478 e. The quantitative estimate of drug-likeness (QED) is 0.566. The van der Waals surface area contributed by atoms with Gasteiger partial charge in [0.2, 0.25) is 0 Å². The number of carbonyl (C=O) groups is 2. The summed E-state index contributed by atoms with van der Waals surface area (Å²) in [5, 5.41) is 11.4. The Morgan fingerprint density at radius 1 is 1.40 bits per heavy atom. The summed E-state index contributed by atoms with van der Waals surface area (Å²) in [6, 6.07) is 1.61. The fraction of sp³-hybridized carbons (Fsp3) is 0.357. The average molecular weight is 294 g/mol. The fourth-order valence-electron chi connectivity index (χ4n) is 1.52. The lowest BCUT2D eigenvalue weighted by atomic mass is 10.2. The number of carboxylic acids is 1. The Labute approximate surface area is 122 Å². The van der Waals surface area contributed by atoms with E-state index in [1.807, 2.05) is 0 Å². The molecule has 6 heteroatoms. The molecule has 5 nitrogen and oxygen atoms in total. The number of aromatic nitrogens is 1. The SMILES string of the molecule is CSCCCCNC(=O)c1cncc(/C=C/C(=O)O)c1. The van der Waals surface area contributed by atoms with Gasteiger partial charge in [-0.1, -0.05) is 0 Å². The molecule has 0 radical (unpaired) electrons. The van der Waals surface area contributed by atoms with E-state index in [1.165, 1.54) is 18.5 Å². The van der Waals surface area contributed by atoms with Crippen molar-refractivity contribution in [3.8, 4) is 0 Å². The van der Waals surface area contributed by atoms with Crippen molar-refractivity contribution in [3.63, 3.8) is 0 Å². The van der Waals surface area contributed by atoms with Crippen molar-refractivity contribution < 1.29 is 14.7 Å². The normalized spacial score (nSPS) is 10.7. The van der Waals surface area contributed by atoms with Crippen molar-refractivity contribution in [2.24, 2.45) is 0 Å². The van der Waals surface area contributed by atoms with Gasteiger partial charge in [0.1, 0.15) is 0 Å². The Balaban J connectivity index is 2.51. The zero-order valence-corrected chi connectivity index (χ0v) is 12.2. The van der Waals surface area contributed by atoms with Crippen LogP contribution < -0.4 is 5.32 Å². The molecule has 0 spiro atoms. The second-order valence-corrected chi connectivity index (χ2v) is 5.12. The van der Waals surface area contributed by atoms with E-state index >= 15 is 0 Å². The van der Waals surface area contributed by atoms with Crippen LogP contribution in [0.5, 0.6) is 0 Å². The van der Waals surface area contributed by atoms with Gasteiger partial charge in [0, 0.05) is 25.0 Å². The minimum absolute atomic E-state index is 0.188. The number of amides is 1. The smallest absolute Gasteiger partial charge is 0.328 e. The van der Waals surface area contributed by atoms with Crippen LogP contribution in [-0.2, 0) is 4.79 Å². The lowest BCUT2D eigenvalue weighted by molar-refractivity contribution is -0.131. The Morgan fingerprint density at radius 2 is 2.20 bits per heavy atom. The Kier molecular flexibility index (Phi) is 7.42. The highest BCUT2D eigenvalue weighted by atomic mass is 32.2. The predicted octanol–water partition coefficient (Wildman–Crippen LogP) is 2.05. The van der Waals surface area contributed by atoms with E-state index in [1.54, 1.807) is 17.8 Å². The van der Waals surface area contributed by atoms with Crippen molar-refractivity contribution in [1.29, 1.82) is 0 Å². The number of aliphatic carboxylic acids is 1. The van der Waals surface area contributed by atoms with Crippen LogP contribution in [0.15, 0.2) is 24.5 Å². The molecule has 0 atom stereocenters. The minimum Gasteiger partial charge on any atom is -0.478 e. The first-order valence-electron chi connectivity index (χ1n) is 6.26. The zero-order chi connectivity index (χ0) is 14.8. The van der Waals surface area contributed by atoms with Crippen molar-refractivity contribution >= 4 is 29.7 Å². The van der Waals surface area contributed by atoms with Crippen LogP contribution >= 0.6 is 11.8 Å². The molecule has 0 saturated heterocycles. The van der Waals surface area contributed by atoms with Crippen LogP contribution in [0.25, 0.3) is 6.08 Å². The second-order valence-electron chi connectivity index (χ2n) is 4.13. The molecule has 1 rings (SSSR count). The fourth-order valence-corrected chi connectivity index (χ4v) is 2.01. The number of hydrogen-bond donors (Lipinski definition) is 2. The van der Waals surface area contributed by atoms with E-state index in [0.29, 0.717) is 17.7 Å². The van der Waals surface area contributed by atoms with Crippen molar-refractivity contribution in [3.05, 3.63) is 35.7 Å². The number of carbonyl (C=O) groups excluding carboxylic acids is 1. The van der Waals surface area contributed by atoms with Crippen molar-refractivity contribution in [1.82, 2.24) is 10.3 Å². The topological polar surface area (TPSA) is 79.3 Å². The minimum atomic E-state index is -1.03. The van der Waals surface area contributed by atoms with Gasteiger partial charge in [0.25, 0.3) is 5.91 Å². The molecule has 0 aliphatic heterocycles. The third-order valence-electron chi connectivity index (χ3n) is 2.50. The number of nitrogens with one attached hydrogen (secondary N) is 1. The molecule has 0 saturated carbocycles. The number of pyridine rings is 1. The summed E-state index contributed by atoms with van der Waals surface area (Å²) in [4.78, 5) is 26.2. The van der Waals surface area contributed by atoms with E-state index in [4.69, 9.17) is 5.11 Å². The van der Waals surface area contributed by atoms with Gasteiger partial charge in [-0.3, -0.25) is 9.78 Å². The first kappa shape index (κ1) is 16.2. The molecule has 1 amide bonds. The molecule has 108 valence electrons. The molecule has 0 fully saturated rings. The van der Waals surface area contributed by atoms with Crippen LogP contribution in [0.1, 0.15) is 28.8 Å². The van der Waals surface area contributed by atoms with Gasteiger partial charge in [0.05, 0.1) is 5.56 Å².